The molecule has 170 valence electrons. The van der Waals surface area contributed by atoms with E-state index in [1.165, 1.54) is 4.68 Å². The van der Waals surface area contributed by atoms with Gasteiger partial charge in [-0.25, -0.2) is 18.2 Å². The Balaban J connectivity index is 0.00000289. The minimum atomic E-state index is -1.22. The maximum absolute atomic E-state index is 13.9. The van der Waals surface area contributed by atoms with Crippen molar-refractivity contribution in [3.05, 3.63) is 64.9 Å². The summed E-state index contributed by atoms with van der Waals surface area (Å²) in [5.74, 6) is -2.60. The first-order valence-corrected chi connectivity index (χ1v) is 9.67. The number of aromatic nitrogens is 3. The number of benzene rings is 1. The first-order valence-electron chi connectivity index (χ1n) is 9.67. The van der Waals surface area contributed by atoms with Crippen molar-refractivity contribution >= 4 is 36.6 Å². The van der Waals surface area contributed by atoms with E-state index in [0.29, 0.717) is 29.8 Å². The first-order chi connectivity index (χ1) is 14.7. The number of pyridine rings is 1. The predicted octanol–water partition coefficient (Wildman–Crippen LogP) is 3.55. The zero-order valence-corrected chi connectivity index (χ0v) is 18.7. The fraction of sp³-hybridized carbons (Fsp3) is 0.286. The summed E-state index contributed by atoms with van der Waals surface area (Å²) < 4.78 is 41.8. The lowest BCUT2D eigenvalue weighted by Crippen LogP contribution is -2.44. The summed E-state index contributed by atoms with van der Waals surface area (Å²) in [7, 11) is 1.85. The largest absolute Gasteiger partial charge is 0.366 e. The Bertz CT molecular complexity index is 1170. The number of hydrogen-bond donors (Lipinski definition) is 2. The van der Waals surface area contributed by atoms with Crippen LogP contribution < -0.4 is 15.5 Å². The SMILES string of the molecule is Cc1nc(NCc2cnn(Cc3cc(F)c(F)cc3F)c2)cc2c1NC(=O)[C@H](C)N2C.S. The van der Waals surface area contributed by atoms with E-state index in [1.54, 1.807) is 12.4 Å². The van der Waals surface area contributed by atoms with Crippen LogP contribution in [0.3, 0.4) is 0 Å². The highest BCUT2D eigenvalue weighted by Gasteiger charge is 2.28. The molecule has 1 aliphatic heterocycles. The molecule has 2 aromatic heterocycles. The lowest BCUT2D eigenvalue weighted by atomic mass is 10.1. The lowest BCUT2D eigenvalue weighted by Gasteiger charge is -2.34. The molecule has 2 N–H and O–H groups in total. The molecular weight excluding hydrogens is 441 g/mol. The van der Waals surface area contributed by atoms with Crippen molar-refractivity contribution in [2.24, 2.45) is 0 Å². The van der Waals surface area contributed by atoms with Gasteiger partial charge in [-0.1, -0.05) is 0 Å². The summed E-state index contributed by atoms with van der Waals surface area (Å²) in [5, 5.41) is 10.3. The third-order valence-electron chi connectivity index (χ3n) is 5.35. The molecule has 1 aromatic carbocycles. The maximum atomic E-state index is 13.9. The fourth-order valence-corrected chi connectivity index (χ4v) is 3.43. The molecule has 1 aliphatic rings. The van der Waals surface area contributed by atoms with Gasteiger partial charge in [-0.15, -0.1) is 0 Å². The van der Waals surface area contributed by atoms with E-state index in [9.17, 15) is 18.0 Å². The number of halogens is 3. The number of amides is 1. The molecule has 0 saturated carbocycles. The molecule has 0 saturated heterocycles. The maximum Gasteiger partial charge on any atom is 0.246 e. The molecule has 7 nitrogen and oxygen atoms in total. The van der Waals surface area contributed by atoms with E-state index >= 15 is 0 Å². The second kappa shape index (κ2) is 9.11. The average Bonchev–Trinajstić information content (AvgIpc) is 3.17. The minimum Gasteiger partial charge on any atom is -0.366 e. The molecule has 0 bridgehead atoms. The van der Waals surface area contributed by atoms with E-state index < -0.39 is 17.5 Å². The Hall–Kier alpha value is -3.21. The first kappa shape index (κ1) is 23.5. The number of nitrogens with zero attached hydrogens (tertiary/aromatic N) is 4. The third kappa shape index (κ3) is 4.52. The van der Waals surface area contributed by atoms with Gasteiger partial charge in [0.2, 0.25) is 5.91 Å². The number of nitrogens with one attached hydrogen (secondary N) is 2. The van der Waals surface area contributed by atoms with Crippen LogP contribution in [0.4, 0.5) is 30.4 Å². The second-order valence-electron chi connectivity index (χ2n) is 7.52. The van der Waals surface area contributed by atoms with Gasteiger partial charge in [0.1, 0.15) is 17.7 Å². The number of hydrogen-bond acceptors (Lipinski definition) is 5. The molecule has 0 radical (unpaired) electrons. The average molecular weight is 465 g/mol. The molecule has 1 amide bonds. The molecular formula is C21H23F3N6OS. The number of aryl methyl sites for hydroxylation is 1. The number of carbonyl (C=O) groups is 1. The van der Waals surface area contributed by atoms with Gasteiger partial charge in [-0.05, 0) is 19.9 Å². The molecule has 11 heteroatoms. The molecule has 0 aliphatic carbocycles. The van der Waals surface area contributed by atoms with E-state index in [1.807, 2.05) is 31.9 Å². The van der Waals surface area contributed by atoms with E-state index in [4.69, 9.17) is 0 Å². The molecule has 1 atom stereocenters. The van der Waals surface area contributed by atoms with Crippen LogP contribution in [-0.2, 0) is 17.9 Å². The Morgan fingerprint density at radius 1 is 1.16 bits per heavy atom. The molecule has 0 spiro atoms. The van der Waals surface area contributed by atoms with E-state index in [0.717, 1.165) is 17.3 Å². The summed E-state index contributed by atoms with van der Waals surface area (Å²) in [6, 6.07) is 2.93. The van der Waals surface area contributed by atoms with Crippen molar-refractivity contribution in [2.45, 2.75) is 33.0 Å². The number of likely N-dealkylation sites (N-methyl/N-ethyl adjacent to an activating group) is 1. The van der Waals surface area contributed by atoms with Crippen LogP contribution in [-0.4, -0.2) is 33.8 Å². The quantitative estimate of drug-likeness (QED) is 0.565. The summed E-state index contributed by atoms with van der Waals surface area (Å²) in [5.41, 5.74) is 3.06. The predicted molar refractivity (Wildman–Crippen MR) is 121 cm³/mol. The summed E-state index contributed by atoms with van der Waals surface area (Å²) in [6.45, 7) is 4.02. The highest BCUT2D eigenvalue weighted by atomic mass is 32.1. The van der Waals surface area contributed by atoms with Crippen LogP contribution in [0.15, 0.2) is 30.6 Å². The van der Waals surface area contributed by atoms with Crippen LogP contribution in [0.5, 0.6) is 0 Å². The van der Waals surface area contributed by atoms with Gasteiger partial charge in [0.15, 0.2) is 11.6 Å². The topological polar surface area (TPSA) is 75.1 Å². The van der Waals surface area contributed by atoms with Gasteiger partial charge in [0.05, 0.1) is 29.8 Å². The zero-order valence-electron chi connectivity index (χ0n) is 17.7. The van der Waals surface area contributed by atoms with Gasteiger partial charge in [0, 0.05) is 43.0 Å². The molecule has 0 unspecified atom stereocenters. The third-order valence-corrected chi connectivity index (χ3v) is 5.35. The van der Waals surface area contributed by atoms with Gasteiger partial charge in [0.25, 0.3) is 0 Å². The number of rotatable bonds is 5. The van der Waals surface area contributed by atoms with Crippen LogP contribution in [0, 0.1) is 24.4 Å². The van der Waals surface area contributed by atoms with Crippen molar-refractivity contribution in [1.29, 1.82) is 0 Å². The Morgan fingerprint density at radius 2 is 1.88 bits per heavy atom. The van der Waals surface area contributed by atoms with Crippen molar-refractivity contribution in [1.82, 2.24) is 14.8 Å². The Morgan fingerprint density at radius 3 is 2.62 bits per heavy atom. The van der Waals surface area contributed by atoms with Gasteiger partial charge in [-0.3, -0.25) is 9.48 Å². The summed E-state index contributed by atoms with van der Waals surface area (Å²) >= 11 is 0. The van der Waals surface area contributed by atoms with Gasteiger partial charge < -0.3 is 15.5 Å². The molecule has 4 rings (SSSR count). The van der Waals surface area contributed by atoms with Gasteiger partial charge >= 0.3 is 0 Å². The van der Waals surface area contributed by atoms with E-state index in [2.05, 4.69) is 20.7 Å². The van der Waals surface area contributed by atoms with Crippen LogP contribution >= 0.6 is 13.5 Å². The smallest absolute Gasteiger partial charge is 0.246 e. The minimum absolute atomic E-state index is 0. The standard InChI is InChI=1S/C21H21F3N6O.H2S/c1-11-20-18(29(3)12(2)21(31)28-20)6-19(27-11)25-7-13-8-26-30(9-13)10-14-4-16(23)17(24)5-15(14)22;/h4-6,8-9,12H,7,10H2,1-3H3,(H,25,27)(H,28,31);1H2/t12-;/m0./s1. The summed E-state index contributed by atoms with van der Waals surface area (Å²) in [6.07, 6.45) is 3.29. The monoisotopic (exact) mass is 464 g/mol. The van der Waals surface area contributed by atoms with Crippen LogP contribution in [0.25, 0.3) is 0 Å². The molecule has 3 aromatic rings. The molecule has 32 heavy (non-hydrogen) atoms. The normalized spacial score (nSPS) is 15.1. The highest BCUT2D eigenvalue weighted by Crippen LogP contribution is 2.34. The highest BCUT2D eigenvalue weighted by molar-refractivity contribution is 7.59. The van der Waals surface area contributed by atoms with Crippen molar-refractivity contribution in [3.63, 3.8) is 0 Å². The van der Waals surface area contributed by atoms with E-state index in [-0.39, 0.29) is 37.6 Å². The summed E-state index contributed by atoms with van der Waals surface area (Å²) in [4.78, 5) is 18.4. The van der Waals surface area contributed by atoms with Crippen molar-refractivity contribution in [3.8, 4) is 0 Å². The second-order valence-corrected chi connectivity index (χ2v) is 7.52. The molecule has 3 heterocycles. The number of anilines is 3. The van der Waals surface area contributed by atoms with Crippen LogP contribution in [0.1, 0.15) is 23.7 Å². The van der Waals surface area contributed by atoms with Crippen molar-refractivity contribution < 1.29 is 18.0 Å². The van der Waals surface area contributed by atoms with Gasteiger partial charge in [-0.2, -0.15) is 18.6 Å². The zero-order chi connectivity index (χ0) is 22.3. The number of fused-ring (bicyclic) bond motifs is 1. The molecule has 0 fully saturated rings. The lowest BCUT2D eigenvalue weighted by molar-refractivity contribution is -0.117. The number of carbonyl (C=O) groups excluding carboxylic acids is 1. The van der Waals surface area contributed by atoms with Crippen LogP contribution in [0.2, 0.25) is 0 Å². The fourth-order valence-electron chi connectivity index (χ4n) is 3.43. The Labute approximate surface area is 190 Å². The van der Waals surface area contributed by atoms with Crippen molar-refractivity contribution in [2.75, 3.05) is 22.6 Å². The Kier molecular flexibility index (Phi) is 6.68.